The van der Waals surface area contributed by atoms with Crippen LogP contribution in [0.25, 0.3) is 0 Å². The largest absolute Gasteiger partial charge is 0.472 e. The van der Waals surface area contributed by atoms with Crippen LogP contribution >= 0.6 is 7.82 Å². The molecule has 74 heavy (non-hydrogen) atoms. The van der Waals surface area contributed by atoms with Gasteiger partial charge < -0.3 is 24.2 Å². The number of hydrogen-bond acceptors (Lipinski definition) is 10. The van der Waals surface area contributed by atoms with Crippen molar-refractivity contribution in [1.29, 1.82) is 0 Å². The van der Waals surface area contributed by atoms with E-state index in [1.165, 1.54) is 77.0 Å². The van der Waals surface area contributed by atoms with Gasteiger partial charge in [0.25, 0.3) is 0 Å². The first-order valence-corrected chi connectivity index (χ1v) is 31.3. The third-order valence-corrected chi connectivity index (χ3v) is 13.5. The Morgan fingerprint density at radius 2 is 0.703 bits per heavy atom. The van der Waals surface area contributed by atoms with Gasteiger partial charge in [-0.25, -0.2) is 4.57 Å². The number of unbranched alkanes of at least 4 members (excludes halogenated alkanes) is 26. The highest BCUT2D eigenvalue weighted by atomic mass is 31.2. The number of carbonyl (C=O) groups excluding carboxylic acids is 3. The number of carbonyl (C=O) groups is 3. The first-order valence-electron chi connectivity index (χ1n) is 29.8. The minimum absolute atomic E-state index is 0.155. The number of allylic oxidation sites excluding steroid dienone is 12. The van der Waals surface area contributed by atoms with Crippen LogP contribution in [0.2, 0.25) is 0 Å². The van der Waals surface area contributed by atoms with Gasteiger partial charge >= 0.3 is 25.7 Å². The molecule has 0 aromatic heterocycles. The third-order valence-electron chi connectivity index (χ3n) is 12.6. The van der Waals surface area contributed by atoms with E-state index in [9.17, 15) is 28.9 Å². The van der Waals surface area contributed by atoms with Crippen molar-refractivity contribution in [2.75, 3.05) is 26.4 Å². The Balaban J connectivity index is 4.75. The highest BCUT2D eigenvalue weighted by molar-refractivity contribution is 7.47. The van der Waals surface area contributed by atoms with Crippen LogP contribution in [0.4, 0.5) is 0 Å². The molecule has 0 heterocycles. The molecule has 12 heteroatoms. The zero-order chi connectivity index (χ0) is 54.1. The third kappa shape index (κ3) is 53.7. The Kier molecular flexibility index (Phi) is 53.8. The van der Waals surface area contributed by atoms with E-state index in [1.807, 2.05) is 0 Å². The fraction of sp³-hybridized carbons (Fsp3) is 0.758. The molecular formula is C62H109O11P. The Hall–Kier alpha value is -3.08. The van der Waals surface area contributed by atoms with Crippen molar-refractivity contribution in [3.05, 3.63) is 72.9 Å². The lowest BCUT2D eigenvalue weighted by molar-refractivity contribution is -0.161. The van der Waals surface area contributed by atoms with E-state index in [0.717, 1.165) is 128 Å². The maximum atomic E-state index is 12.9. The van der Waals surface area contributed by atoms with Crippen LogP contribution in [0.5, 0.6) is 0 Å². The molecule has 0 radical (unpaired) electrons. The summed E-state index contributed by atoms with van der Waals surface area (Å²) in [5.74, 6) is -1.49. The molecule has 0 rings (SSSR count). The molecule has 0 bridgehead atoms. The second-order valence-electron chi connectivity index (χ2n) is 19.8. The number of esters is 3. The Bertz CT molecular complexity index is 1520. The van der Waals surface area contributed by atoms with E-state index < -0.39 is 57.8 Å². The van der Waals surface area contributed by atoms with E-state index in [0.29, 0.717) is 19.3 Å². The van der Waals surface area contributed by atoms with Gasteiger partial charge in [-0.15, -0.1) is 0 Å². The van der Waals surface area contributed by atoms with Crippen LogP contribution in [-0.2, 0) is 42.2 Å². The zero-order valence-corrected chi connectivity index (χ0v) is 48.2. The lowest BCUT2D eigenvalue weighted by atomic mass is 10.1. The number of hydrogen-bond donors (Lipinski definition) is 2. The van der Waals surface area contributed by atoms with E-state index in [4.69, 9.17) is 23.3 Å². The lowest BCUT2D eigenvalue weighted by Crippen LogP contribution is -2.30. The molecule has 2 N–H and O–H groups in total. The fourth-order valence-electron chi connectivity index (χ4n) is 8.04. The van der Waals surface area contributed by atoms with Gasteiger partial charge in [0.1, 0.15) is 12.7 Å². The lowest BCUT2D eigenvalue weighted by Gasteiger charge is -2.21. The number of aliphatic hydroxyl groups excluding tert-OH is 1. The molecule has 0 amide bonds. The van der Waals surface area contributed by atoms with E-state index in [-0.39, 0.29) is 25.9 Å². The molecule has 0 aliphatic carbocycles. The maximum absolute atomic E-state index is 12.9. The van der Waals surface area contributed by atoms with Crippen molar-refractivity contribution >= 4 is 25.7 Å². The van der Waals surface area contributed by atoms with Crippen molar-refractivity contribution in [1.82, 2.24) is 0 Å². The van der Waals surface area contributed by atoms with Gasteiger partial charge in [0.15, 0.2) is 6.10 Å². The Morgan fingerprint density at radius 1 is 0.392 bits per heavy atom. The summed E-state index contributed by atoms with van der Waals surface area (Å²) in [6, 6.07) is 0. The van der Waals surface area contributed by atoms with Crippen molar-refractivity contribution in [3.8, 4) is 0 Å². The summed E-state index contributed by atoms with van der Waals surface area (Å²) < 4.78 is 39.6. The molecule has 11 nitrogen and oxygen atoms in total. The summed E-state index contributed by atoms with van der Waals surface area (Å²) in [5.41, 5.74) is 0. The van der Waals surface area contributed by atoms with Gasteiger partial charge in [0.05, 0.1) is 19.8 Å². The van der Waals surface area contributed by atoms with Crippen LogP contribution in [0.3, 0.4) is 0 Å². The van der Waals surface area contributed by atoms with Gasteiger partial charge in [-0.2, -0.15) is 0 Å². The van der Waals surface area contributed by atoms with Gasteiger partial charge in [-0.05, 0) is 109 Å². The maximum Gasteiger partial charge on any atom is 0.472 e. The Labute approximate surface area is 452 Å². The molecule has 0 aromatic rings. The van der Waals surface area contributed by atoms with Crippen molar-refractivity contribution in [2.45, 2.75) is 277 Å². The predicted molar refractivity (Wildman–Crippen MR) is 307 cm³/mol. The van der Waals surface area contributed by atoms with Gasteiger partial charge in [-0.3, -0.25) is 23.4 Å². The summed E-state index contributed by atoms with van der Waals surface area (Å²) in [6.45, 7) is 4.48. The molecular weight excluding hydrogens is 952 g/mol. The van der Waals surface area contributed by atoms with Crippen LogP contribution < -0.4 is 0 Å². The normalized spacial score (nSPS) is 13.9. The smallest absolute Gasteiger partial charge is 0.462 e. The van der Waals surface area contributed by atoms with E-state index in [1.54, 1.807) is 0 Å². The average Bonchev–Trinajstić information content (AvgIpc) is 3.39. The number of phosphoric ester groups is 1. The monoisotopic (exact) mass is 1060 g/mol. The molecule has 3 atom stereocenters. The molecule has 0 spiro atoms. The molecule has 0 aliphatic heterocycles. The Morgan fingerprint density at radius 3 is 1.12 bits per heavy atom. The fourth-order valence-corrected chi connectivity index (χ4v) is 8.83. The van der Waals surface area contributed by atoms with E-state index >= 15 is 0 Å². The second-order valence-corrected chi connectivity index (χ2v) is 21.2. The number of ether oxygens (including phenoxy) is 3. The van der Waals surface area contributed by atoms with Crippen molar-refractivity contribution in [2.24, 2.45) is 0 Å². The number of rotatable bonds is 55. The molecule has 3 unspecified atom stereocenters. The van der Waals surface area contributed by atoms with Crippen molar-refractivity contribution in [3.63, 3.8) is 0 Å². The minimum Gasteiger partial charge on any atom is -0.462 e. The molecule has 0 saturated heterocycles. The van der Waals surface area contributed by atoms with E-state index in [2.05, 4.69) is 93.7 Å². The summed E-state index contributed by atoms with van der Waals surface area (Å²) in [5, 5.41) is 9.81. The van der Waals surface area contributed by atoms with Gasteiger partial charge in [0, 0.05) is 19.3 Å². The second kappa shape index (κ2) is 56.1. The highest BCUT2D eigenvalue weighted by Crippen LogP contribution is 2.43. The highest BCUT2D eigenvalue weighted by Gasteiger charge is 2.28. The summed E-state index contributed by atoms with van der Waals surface area (Å²) in [6.07, 6.45) is 62.8. The number of aliphatic hydroxyl groups is 1. The molecule has 0 saturated carbocycles. The first-order chi connectivity index (χ1) is 36.2. The number of phosphoric acid groups is 1. The first kappa shape index (κ1) is 70.9. The molecule has 0 aromatic carbocycles. The summed E-state index contributed by atoms with van der Waals surface area (Å²) >= 11 is 0. The standard InChI is InChI=1S/C62H109O11P/c1-4-7-10-13-16-19-22-25-27-29-31-34-36-39-42-45-48-51-60(64)69-55-59(73-62(66)53-50-47-44-41-38-35-32-30-28-26-23-20-17-14-11-8-5-2)57-71-74(67,68)70-56-58(54-63)72-61(65)52-49-46-43-40-37-33-24-21-18-15-12-9-6-3/h7,10,16-17,19-21,24-28,58-59,63H,4-6,8-9,11-15,18,22-23,29-57H2,1-3H3,(H,67,68)/b10-7-,19-16-,20-17-,24-21-,27-25-,28-26-. The van der Waals surface area contributed by atoms with Crippen LogP contribution in [0, 0.1) is 0 Å². The molecule has 0 aliphatic rings. The SMILES string of the molecule is CC/C=C\C/C=C\C/C=C\CCCCCCCCCC(=O)OCC(COP(=O)(O)OCC(CO)OC(=O)CCCCCCC/C=C\CCCCCC)OC(=O)CCCCCCCCC/C=C\C/C=C\CCCCC. The van der Waals surface area contributed by atoms with Crippen LogP contribution in [-0.4, -0.2) is 66.5 Å². The molecule has 428 valence electrons. The average molecular weight is 1060 g/mol. The quantitative estimate of drug-likeness (QED) is 0.0197. The predicted octanol–water partition coefficient (Wildman–Crippen LogP) is 17.7. The summed E-state index contributed by atoms with van der Waals surface area (Å²) in [7, 11) is -4.76. The van der Waals surface area contributed by atoms with Gasteiger partial charge in [-0.1, -0.05) is 209 Å². The van der Waals surface area contributed by atoms with Gasteiger partial charge in [0.2, 0.25) is 0 Å². The summed E-state index contributed by atoms with van der Waals surface area (Å²) in [4.78, 5) is 48.6. The molecule has 0 fully saturated rings. The van der Waals surface area contributed by atoms with Crippen molar-refractivity contribution < 1.29 is 52.2 Å². The minimum atomic E-state index is -4.76. The topological polar surface area (TPSA) is 155 Å². The van der Waals surface area contributed by atoms with Crippen LogP contribution in [0.1, 0.15) is 265 Å². The zero-order valence-electron chi connectivity index (χ0n) is 47.3. The van der Waals surface area contributed by atoms with Crippen LogP contribution in [0.15, 0.2) is 72.9 Å².